The summed E-state index contributed by atoms with van der Waals surface area (Å²) in [6.45, 7) is 0.617. The molecule has 0 atom stereocenters. The number of rotatable bonds is 8. The van der Waals surface area contributed by atoms with Crippen molar-refractivity contribution in [1.29, 1.82) is 0 Å². The zero-order chi connectivity index (χ0) is 15.7. The van der Waals surface area contributed by atoms with E-state index in [0.717, 1.165) is 6.07 Å². The lowest BCUT2D eigenvalue weighted by atomic mass is 10.1. The number of amidine groups is 1. The highest BCUT2D eigenvalue weighted by Crippen LogP contribution is 2.10. The topological polar surface area (TPSA) is 106 Å². The number of hydrogen-bond acceptors (Lipinski definition) is 5. The van der Waals surface area contributed by atoms with E-state index in [0.29, 0.717) is 13.2 Å². The van der Waals surface area contributed by atoms with Crippen molar-refractivity contribution in [3.05, 3.63) is 35.1 Å². The Bertz CT molecular complexity index is 508. The molecule has 21 heavy (non-hydrogen) atoms. The minimum absolute atomic E-state index is 0.0226. The predicted molar refractivity (Wildman–Crippen MR) is 73.5 cm³/mol. The Morgan fingerprint density at radius 2 is 2.24 bits per heavy atom. The molecule has 0 aliphatic rings. The average molecular weight is 299 g/mol. The molecule has 0 saturated heterocycles. The number of benzene rings is 1. The lowest BCUT2D eigenvalue weighted by Crippen LogP contribution is -2.28. The molecule has 0 unspecified atom stereocenters. The van der Waals surface area contributed by atoms with Gasteiger partial charge in [-0.1, -0.05) is 17.3 Å². The van der Waals surface area contributed by atoms with E-state index in [1.54, 1.807) is 0 Å². The molecule has 4 N–H and O–H groups in total. The van der Waals surface area contributed by atoms with Crippen molar-refractivity contribution in [2.45, 2.75) is 6.54 Å². The van der Waals surface area contributed by atoms with E-state index in [-0.39, 0.29) is 36.0 Å². The van der Waals surface area contributed by atoms with Crippen LogP contribution in [0.25, 0.3) is 0 Å². The van der Waals surface area contributed by atoms with Gasteiger partial charge in [-0.05, 0) is 6.07 Å². The summed E-state index contributed by atoms with van der Waals surface area (Å²) >= 11 is 0. The molecule has 0 aliphatic heterocycles. The first-order chi connectivity index (χ1) is 10.1. The fraction of sp³-hybridized carbons (Fsp3) is 0.385. The van der Waals surface area contributed by atoms with Crippen LogP contribution in [-0.2, 0) is 20.8 Å². The summed E-state index contributed by atoms with van der Waals surface area (Å²) in [6.07, 6.45) is 0. The fourth-order valence-corrected chi connectivity index (χ4v) is 1.46. The Labute approximate surface area is 121 Å². The summed E-state index contributed by atoms with van der Waals surface area (Å²) in [5.74, 6) is -1.10. The van der Waals surface area contributed by atoms with Gasteiger partial charge >= 0.3 is 0 Å². The molecule has 1 aromatic rings. The van der Waals surface area contributed by atoms with Gasteiger partial charge in [-0.2, -0.15) is 0 Å². The Kier molecular flexibility index (Phi) is 7.13. The maximum absolute atomic E-state index is 13.8. The molecule has 0 aromatic heterocycles. The van der Waals surface area contributed by atoms with Gasteiger partial charge in [0.15, 0.2) is 5.84 Å². The third-order valence-electron chi connectivity index (χ3n) is 2.60. The summed E-state index contributed by atoms with van der Waals surface area (Å²) in [5, 5.41) is 13.8. The van der Waals surface area contributed by atoms with Gasteiger partial charge in [-0.3, -0.25) is 4.79 Å². The highest BCUT2D eigenvalue weighted by molar-refractivity contribution is 5.97. The normalized spacial score (nSPS) is 11.4. The molecular weight excluding hydrogens is 281 g/mol. The van der Waals surface area contributed by atoms with Gasteiger partial charge in [0.25, 0.3) is 0 Å². The second-order valence-electron chi connectivity index (χ2n) is 4.11. The minimum Gasteiger partial charge on any atom is -0.409 e. The van der Waals surface area contributed by atoms with Crippen LogP contribution in [0.2, 0.25) is 0 Å². The first-order valence-corrected chi connectivity index (χ1v) is 6.18. The van der Waals surface area contributed by atoms with Crippen LogP contribution in [0.15, 0.2) is 23.4 Å². The van der Waals surface area contributed by atoms with E-state index in [1.165, 1.54) is 19.2 Å². The molecule has 1 aromatic carbocycles. The standard InChI is InChI=1S/C13H18FN3O4/c1-20-4-5-21-8-12(18)16-7-10-3-2-9(6-11(10)14)13(15)17-19/h2-3,6,19H,4-5,7-8H2,1H3,(H2,15,17)(H,16,18). The first-order valence-electron chi connectivity index (χ1n) is 6.18. The molecule has 0 spiro atoms. The van der Waals surface area contributed by atoms with Gasteiger partial charge in [-0.25, -0.2) is 4.39 Å². The molecule has 0 aliphatic carbocycles. The van der Waals surface area contributed by atoms with Gasteiger partial charge in [0, 0.05) is 24.8 Å². The van der Waals surface area contributed by atoms with Crippen LogP contribution < -0.4 is 11.1 Å². The summed E-state index contributed by atoms with van der Waals surface area (Å²) in [7, 11) is 1.53. The molecule has 0 radical (unpaired) electrons. The fourth-order valence-electron chi connectivity index (χ4n) is 1.46. The van der Waals surface area contributed by atoms with Crippen molar-refractivity contribution in [3.8, 4) is 0 Å². The Balaban J connectivity index is 2.47. The summed E-state index contributed by atoms with van der Waals surface area (Å²) in [4.78, 5) is 11.4. The Hall–Kier alpha value is -2.19. The number of carbonyl (C=O) groups is 1. The van der Waals surface area contributed by atoms with Gasteiger partial charge < -0.3 is 25.7 Å². The predicted octanol–water partition coefficient (Wildman–Crippen LogP) is 0.199. The van der Waals surface area contributed by atoms with Crippen molar-refractivity contribution in [3.63, 3.8) is 0 Å². The van der Waals surface area contributed by atoms with Gasteiger partial charge in [-0.15, -0.1) is 0 Å². The number of hydrogen-bond donors (Lipinski definition) is 3. The molecule has 8 heteroatoms. The molecule has 1 amide bonds. The monoisotopic (exact) mass is 299 g/mol. The first kappa shape index (κ1) is 16.9. The van der Waals surface area contributed by atoms with Crippen molar-refractivity contribution >= 4 is 11.7 Å². The van der Waals surface area contributed by atoms with E-state index >= 15 is 0 Å². The molecule has 1 rings (SSSR count). The Morgan fingerprint density at radius 3 is 2.86 bits per heavy atom. The van der Waals surface area contributed by atoms with E-state index in [1.807, 2.05) is 0 Å². The van der Waals surface area contributed by atoms with E-state index in [2.05, 4.69) is 10.5 Å². The van der Waals surface area contributed by atoms with Crippen molar-refractivity contribution in [1.82, 2.24) is 5.32 Å². The summed E-state index contributed by atoms with van der Waals surface area (Å²) < 4.78 is 23.6. The van der Waals surface area contributed by atoms with E-state index in [9.17, 15) is 9.18 Å². The molecule has 0 heterocycles. The molecule has 7 nitrogen and oxygen atoms in total. The van der Waals surface area contributed by atoms with Crippen LogP contribution in [-0.4, -0.2) is 43.9 Å². The third-order valence-corrected chi connectivity index (χ3v) is 2.60. The lowest BCUT2D eigenvalue weighted by molar-refractivity contribution is -0.126. The van der Waals surface area contributed by atoms with Crippen molar-refractivity contribution in [2.24, 2.45) is 10.9 Å². The molecule has 116 valence electrons. The molecule has 0 bridgehead atoms. The number of ether oxygens (including phenoxy) is 2. The smallest absolute Gasteiger partial charge is 0.246 e. The summed E-state index contributed by atoms with van der Waals surface area (Å²) in [5.41, 5.74) is 5.90. The van der Waals surface area contributed by atoms with Crippen LogP contribution in [0, 0.1) is 5.82 Å². The molecule has 0 fully saturated rings. The van der Waals surface area contributed by atoms with E-state index in [4.69, 9.17) is 20.4 Å². The van der Waals surface area contributed by atoms with Crippen LogP contribution in [0.5, 0.6) is 0 Å². The lowest BCUT2D eigenvalue weighted by Gasteiger charge is -2.08. The van der Waals surface area contributed by atoms with Crippen LogP contribution in [0.4, 0.5) is 4.39 Å². The van der Waals surface area contributed by atoms with E-state index < -0.39 is 5.82 Å². The van der Waals surface area contributed by atoms with Gasteiger partial charge in [0.2, 0.25) is 5.91 Å². The second kappa shape index (κ2) is 8.88. The number of carbonyl (C=O) groups excluding carboxylic acids is 1. The maximum atomic E-state index is 13.8. The highest BCUT2D eigenvalue weighted by atomic mass is 19.1. The number of oxime groups is 1. The highest BCUT2D eigenvalue weighted by Gasteiger charge is 2.08. The van der Waals surface area contributed by atoms with Gasteiger partial charge in [0.1, 0.15) is 12.4 Å². The number of amides is 1. The number of nitrogens with one attached hydrogen (secondary N) is 1. The van der Waals surface area contributed by atoms with Crippen molar-refractivity contribution in [2.75, 3.05) is 26.9 Å². The number of halogens is 1. The van der Waals surface area contributed by atoms with Crippen molar-refractivity contribution < 1.29 is 23.9 Å². The van der Waals surface area contributed by atoms with Crippen LogP contribution >= 0.6 is 0 Å². The number of nitrogens with two attached hydrogens (primary N) is 1. The third kappa shape index (κ3) is 5.76. The Morgan fingerprint density at radius 1 is 1.48 bits per heavy atom. The van der Waals surface area contributed by atoms with Gasteiger partial charge in [0.05, 0.1) is 13.2 Å². The minimum atomic E-state index is -0.556. The number of nitrogens with zero attached hydrogens (tertiary/aromatic N) is 1. The maximum Gasteiger partial charge on any atom is 0.246 e. The summed E-state index contributed by atoms with van der Waals surface area (Å²) in [6, 6.07) is 4.08. The zero-order valence-electron chi connectivity index (χ0n) is 11.6. The average Bonchev–Trinajstić information content (AvgIpc) is 2.49. The van der Waals surface area contributed by atoms with Crippen LogP contribution in [0.1, 0.15) is 11.1 Å². The zero-order valence-corrected chi connectivity index (χ0v) is 11.6. The second-order valence-corrected chi connectivity index (χ2v) is 4.11. The molecule has 0 saturated carbocycles. The van der Waals surface area contributed by atoms with Crippen LogP contribution in [0.3, 0.4) is 0 Å². The SMILES string of the molecule is COCCOCC(=O)NCc1ccc(/C(N)=N/O)cc1F. The largest absolute Gasteiger partial charge is 0.409 e. The number of methoxy groups -OCH3 is 1. The molecular formula is C13H18FN3O4. The quantitative estimate of drug-likeness (QED) is 0.209.